The number of nitrogens with zero attached hydrogens (tertiary/aromatic N) is 2. The Labute approximate surface area is 241 Å². The predicted octanol–water partition coefficient (Wildman–Crippen LogP) is 5.56. The summed E-state index contributed by atoms with van der Waals surface area (Å²) in [5.74, 6) is 1.78. The fourth-order valence-electron chi connectivity index (χ4n) is 4.92. The second kappa shape index (κ2) is 13.7. The van der Waals surface area contributed by atoms with E-state index in [4.69, 9.17) is 14.2 Å². The highest BCUT2D eigenvalue weighted by Crippen LogP contribution is 2.28. The van der Waals surface area contributed by atoms with E-state index in [2.05, 4.69) is 11.1 Å². The van der Waals surface area contributed by atoms with Crippen LogP contribution in [0.3, 0.4) is 0 Å². The van der Waals surface area contributed by atoms with Crippen LogP contribution in [0.5, 0.6) is 17.2 Å². The summed E-state index contributed by atoms with van der Waals surface area (Å²) in [6.45, 7) is 5.37. The van der Waals surface area contributed by atoms with Crippen LogP contribution in [0.25, 0.3) is 10.9 Å². The average Bonchev–Trinajstić information content (AvgIpc) is 3.41. The van der Waals surface area contributed by atoms with Crippen LogP contribution in [-0.4, -0.2) is 67.6 Å². The van der Waals surface area contributed by atoms with Gasteiger partial charge in [-0.3, -0.25) is 9.59 Å². The Balaban J connectivity index is 1.58. The number of amides is 2. The Morgan fingerprint density at radius 3 is 2.27 bits per heavy atom. The van der Waals surface area contributed by atoms with Gasteiger partial charge in [0.25, 0.3) is 5.91 Å². The van der Waals surface area contributed by atoms with Gasteiger partial charge in [-0.15, -0.1) is 0 Å². The molecule has 8 nitrogen and oxygen atoms in total. The lowest BCUT2D eigenvalue weighted by atomic mass is 10.1. The molecular formula is C33H39N3O5. The molecule has 4 aromatic rings. The Morgan fingerprint density at radius 1 is 0.854 bits per heavy atom. The third kappa shape index (κ3) is 7.39. The van der Waals surface area contributed by atoms with Crippen LogP contribution < -0.4 is 14.2 Å². The zero-order chi connectivity index (χ0) is 29.4. The lowest BCUT2D eigenvalue weighted by molar-refractivity contribution is -0.132. The van der Waals surface area contributed by atoms with E-state index in [0.717, 1.165) is 22.0 Å². The summed E-state index contributed by atoms with van der Waals surface area (Å²) in [5.41, 5.74) is 3.63. The van der Waals surface area contributed by atoms with Crippen molar-refractivity contribution >= 4 is 22.7 Å². The van der Waals surface area contributed by atoms with Crippen molar-refractivity contribution in [2.24, 2.45) is 5.92 Å². The number of para-hydroxylation sites is 1. The van der Waals surface area contributed by atoms with Crippen LogP contribution >= 0.6 is 0 Å². The zero-order valence-electron chi connectivity index (χ0n) is 24.5. The summed E-state index contributed by atoms with van der Waals surface area (Å²) < 4.78 is 16.1. The van der Waals surface area contributed by atoms with Gasteiger partial charge < -0.3 is 29.0 Å². The maximum atomic E-state index is 13.9. The van der Waals surface area contributed by atoms with E-state index in [-0.39, 0.29) is 24.3 Å². The van der Waals surface area contributed by atoms with Crippen LogP contribution in [0.4, 0.5) is 0 Å². The van der Waals surface area contributed by atoms with Crippen LogP contribution in [0.2, 0.25) is 0 Å². The molecule has 41 heavy (non-hydrogen) atoms. The molecule has 1 heterocycles. The number of H-pyrrole nitrogens is 1. The molecule has 1 N–H and O–H groups in total. The monoisotopic (exact) mass is 557 g/mol. The van der Waals surface area contributed by atoms with Gasteiger partial charge >= 0.3 is 0 Å². The molecule has 1 aromatic heterocycles. The molecule has 2 amide bonds. The molecule has 0 saturated heterocycles. The standard InChI is InChI=1S/C33H39N3O5/c1-23(2)20-36(33(38)25-11-13-27(39-3)14-12-25)22-32(37)35(21-24-10-15-30(40-4)31(18-24)41-5)17-16-26-19-34-29-9-7-6-8-28(26)29/h6-15,18-19,23,34H,16-17,20-22H2,1-5H3. The quantitative estimate of drug-likeness (QED) is 0.233. The normalized spacial score (nSPS) is 11.0. The first-order chi connectivity index (χ1) is 19.8. The van der Waals surface area contributed by atoms with Crippen LogP contribution in [0, 0.1) is 5.92 Å². The molecule has 0 aliphatic heterocycles. The Hall–Kier alpha value is -4.46. The molecule has 3 aromatic carbocycles. The number of ether oxygens (including phenoxy) is 3. The summed E-state index contributed by atoms with van der Waals surface area (Å²) in [7, 11) is 4.78. The highest BCUT2D eigenvalue weighted by Gasteiger charge is 2.24. The van der Waals surface area contributed by atoms with Crippen molar-refractivity contribution in [2.45, 2.75) is 26.8 Å². The topological polar surface area (TPSA) is 84.1 Å². The number of carbonyl (C=O) groups excluding carboxylic acids is 2. The van der Waals surface area contributed by atoms with Gasteiger partial charge in [-0.25, -0.2) is 0 Å². The second-order valence-electron chi connectivity index (χ2n) is 10.4. The first-order valence-corrected chi connectivity index (χ1v) is 13.8. The average molecular weight is 558 g/mol. The molecule has 0 fully saturated rings. The number of hydrogen-bond donors (Lipinski definition) is 1. The molecule has 0 radical (unpaired) electrons. The third-order valence-electron chi connectivity index (χ3n) is 7.04. The van der Waals surface area contributed by atoms with Gasteiger partial charge in [0.2, 0.25) is 5.91 Å². The summed E-state index contributed by atoms with van der Waals surface area (Å²) in [6, 6.07) is 20.8. The van der Waals surface area contributed by atoms with Gasteiger partial charge in [-0.05, 0) is 65.9 Å². The van der Waals surface area contributed by atoms with Gasteiger partial charge in [0, 0.05) is 42.3 Å². The molecule has 0 aliphatic rings. The summed E-state index contributed by atoms with van der Waals surface area (Å²) in [6.07, 6.45) is 2.67. The van der Waals surface area contributed by atoms with Gasteiger partial charge in [0.05, 0.1) is 21.3 Å². The van der Waals surface area contributed by atoms with Crippen molar-refractivity contribution in [1.82, 2.24) is 14.8 Å². The predicted molar refractivity (Wildman–Crippen MR) is 161 cm³/mol. The number of rotatable bonds is 13. The summed E-state index contributed by atoms with van der Waals surface area (Å²) in [4.78, 5) is 34.2. The van der Waals surface area contributed by atoms with E-state index in [1.54, 1.807) is 50.5 Å². The summed E-state index contributed by atoms with van der Waals surface area (Å²) in [5, 5.41) is 1.14. The van der Waals surface area contributed by atoms with Crippen molar-refractivity contribution < 1.29 is 23.8 Å². The number of benzene rings is 3. The van der Waals surface area contributed by atoms with Crippen molar-refractivity contribution in [1.29, 1.82) is 0 Å². The van der Waals surface area contributed by atoms with E-state index in [1.165, 1.54) is 0 Å². The van der Waals surface area contributed by atoms with E-state index < -0.39 is 0 Å². The minimum atomic E-state index is -0.183. The van der Waals surface area contributed by atoms with Crippen molar-refractivity contribution in [3.8, 4) is 17.2 Å². The van der Waals surface area contributed by atoms with Gasteiger partial charge in [0.1, 0.15) is 12.3 Å². The lowest BCUT2D eigenvalue weighted by Gasteiger charge is -2.29. The zero-order valence-corrected chi connectivity index (χ0v) is 24.5. The number of aromatic amines is 1. The number of aromatic nitrogens is 1. The van der Waals surface area contributed by atoms with Gasteiger partial charge in [0.15, 0.2) is 11.5 Å². The van der Waals surface area contributed by atoms with Crippen LogP contribution in [0.1, 0.15) is 35.3 Å². The fourth-order valence-corrected chi connectivity index (χ4v) is 4.92. The summed E-state index contributed by atoms with van der Waals surface area (Å²) >= 11 is 0. The molecule has 0 unspecified atom stereocenters. The maximum absolute atomic E-state index is 13.9. The maximum Gasteiger partial charge on any atom is 0.254 e. The van der Waals surface area contributed by atoms with Gasteiger partial charge in [-0.2, -0.15) is 0 Å². The van der Waals surface area contributed by atoms with E-state index in [9.17, 15) is 9.59 Å². The highest BCUT2D eigenvalue weighted by molar-refractivity contribution is 5.96. The molecule has 0 bridgehead atoms. The van der Waals surface area contributed by atoms with E-state index >= 15 is 0 Å². The van der Waals surface area contributed by atoms with Gasteiger partial charge in [-0.1, -0.05) is 38.1 Å². The van der Waals surface area contributed by atoms with E-state index in [0.29, 0.717) is 48.9 Å². The van der Waals surface area contributed by atoms with Crippen LogP contribution in [0.15, 0.2) is 72.9 Å². The molecular weight excluding hydrogens is 518 g/mol. The molecule has 0 atom stereocenters. The Bertz CT molecular complexity index is 1460. The molecule has 4 rings (SSSR count). The second-order valence-corrected chi connectivity index (χ2v) is 10.4. The molecule has 0 saturated carbocycles. The Morgan fingerprint density at radius 2 is 1.59 bits per heavy atom. The number of fused-ring (bicyclic) bond motifs is 1. The molecule has 216 valence electrons. The van der Waals surface area contributed by atoms with Crippen molar-refractivity contribution in [3.63, 3.8) is 0 Å². The minimum Gasteiger partial charge on any atom is -0.497 e. The van der Waals surface area contributed by atoms with E-state index in [1.807, 2.05) is 61.3 Å². The SMILES string of the molecule is COc1ccc(C(=O)N(CC(=O)N(CCc2c[nH]c3ccccc23)Cc2ccc(OC)c(OC)c2)CC(C)C)cc1. The first-order valence-electron chi connectivity index (χ1n) is 13.8. The molecule has 0 aliphatic carbocycles. The largest absolute Gasteiger partial charge is 0.497 e. The van der Waals surface area contributed by atoms with Crippen LogP contribution in [-0.2, 0) is 17.8 Å². The molecule has 8 heteroatoms. The number of carbonyl (C=O) groups is 2. The number of nitrogens with one attached hydrogen (secondary N) is 1. The smallest absolute Gasteiger partial charge is 0.254 e. The first kappa shape index (κ1) is 29.5. The number of methoxy groups -OCH3 is 3. The minimum absolute atomic E-state index is 0.0236. The number of hydrogen-bond acceptors (Lipinski definition) is 5. The fraction of sp³-hybridized carbons (Fsp3) is 0.333. The molecule has 0 spiro atoms. The van der Waals surface area contributed by atoms with Crippen molar-refractivity contribution in [3.05, 3.63) is 89.6 Å². The highest BCUT2D eigenvalue weighted by atomic mass is 16.5. The lowest BCUT2D eigenvalue weighted by Crippen LogP contribution is -2.44. The Kier molecular flexibility index (Phi) is 9.90. The van der Waals surface area contributed by atoms with Crippen molar-refractivity contribution in [2.75, 3.05) is 41.0 Å². The third-order valence-corrected chi connectivity index (χ3v) is 7.04.